The second-order valence-electron chi connectivity index (χ2n) is 4.67. The molecule has 2 nitrogen and oxygen atoms in total. The lowest BCUT2D eigenvalue weighted by Crippen LogP contribution is -2.24. The largest absolute Gasteiger partial charge is 0.312 e. The summed E-state index contributed by atoms with van der Waals surface area (Å²) in [5.41, 5.74) is 3.15. The van der Waals surface area contributed by atoms with Crippen LogP contribution in [0.2, 0.25) is 5.02 Å². The topological polar surface area (TPSA) is 20.3 Å². The second kappa shape index (κ2) is 5.06. The van der Waals surface area contributed by atoms with E-state index in [1.54, 1.807) is 0 Å². The van der Waals surface area contributed by atoms with E-state index in [2.05, 4.69) is 0 Å². The number of carbonyl (C=O) groups is 1. The van der Waals surface area contributed by atoms with Crippen molar-refractivity contribution in [3.8, 4) is 11.1 Å². The van der Waals surface area contributed by atoms with Crippen molar-refractivity contribution in [2.45, 2.75) is 12.8 Å². The Bertz CT molecular complexity index is 606. The Hall–Kier alpha value is -1.80. The molecule has 0 saturated carbocycles. The first-order valence-corrected chi connectivity index (χ1v) is 6.79. The monoisotopic (exact) mass is 271 g/mol. The van der Waals surface area contributed by atoms with Crippen molar-refractivity contribution < 1.29 is 4.79 Å². The number of rotatable bonds is 2. The molecule has 1 fully saturated rings. The number of carbonyl (C=O) groups excluding carboxylic acids is 1. The van der Waals surface area contributed by atoms with Gasteiger partial charge in [-0.2, -0.15) is 0 Å². The van der Waals surface area contributed by atoms with Gasteiger partial charge in [0.1, 0.15) is 0 Å². The molecule has 1 aliphatic heterocycles. The molecule has 1 amide bonds. The number of nitrogens with zero attached hydrogens (tertiary/aromatic N) is 1. The van der Waals surface area contributed by atoms with Gasteiger partial charge in [0.05, 0.1) is 5.69 Å². The summed E-state index contributed by atoms with van der Waals surface area (Å²) >= 11 is 5.92. The summed E-state index contributed by atoms with van der Waals surface area (Å²) < 4.78 is 0. The van der Waals surface area contributed by atoms with Crippen molar-refractivity contribution >= 4 is 23.2 Å². The maximum absolute atomic E-state index is 11.9. The fraction of sp³-hybridized carbons (Fsp3) is 0.188. The van der Waals surface area contributed by atoms with Crippen LogP contribution in [0.3, 0.4) is 0 Å². The number of benzene rings is 2. The van der Waals surface area contributed by atoms with Gasteiger partial charge in [0.25, 0.3) is 0 Å². The van der Waals surface area contributed by atoms with Crippen LogP contribution in [0.1, 0.15) is 12.8 Å². The summed E-state index contributed by atoms with van der Waals surface area (Å²) in [7, 11) is 0. The lowest BCUT2D eigenvalue weighted by molar-refractivity contribution is -0.117. The SMILES string of the molecule is O=C1CCCN1c1ccccc1-c1ccc(Cl)cc1. The number of anilines is 1. The van der Waals surface area contributed by atoms with E-state index >= 15 is 0 Å². The number of hydrogen-bond donors (Lipinski definition) is 0. The van der Waals surface area contributed by atoms with E-state index in [0.29, 0.717) is 6.42 Å². The summed E-state index contributed by atoms with van der Waals surface area (Å²) in [5.74, 6) is 0.210. The van der Waals surface area contributed by atoms with E-state index in [4.69, 9.17) is 11.6 Å². The van der Waals surface area contributed by atoms with Crippen molar-refractivity contribution in [1.82, 2.24) is 0 Å². The highest BCUT2D eigenvalue weighted by atomic mass is 35.5. The van der Waals surface area contributed by atoms with Gasteiger partial charge in [0.15, 0.2) is 0 Å². The highest BCUT2D eigenvalue weighted by Crippen LogP contribution is 2.33. The molecule has 1 heterocycles. The van der Waals surface area contributed by atoms with Gasteiger partial charge < -0.3 is 4.90 Å². The Labute approximate surface area is 117 Å². The molecule has 0 bridgehead atoms. The first-order valence-electron chi connectivity index (χ1n) is 6.41. The molecule has 2 aromatic rings. The molecule has 0 unspecified atom stereocenters. The van der Waals surface area contributed by atoms with E-state index in [1.165, 1.54) is 0 Å². The number of para-hydroxylation sites is 1. The lowest BCUT2D eigenvalue weighted by atomic mass is 10.0. The van der Waals surface area contributed by atoms with Crippen LogP contribution in [-0.4, -0.2) is 12.5 Å². The molecular formula is C16H14ClNO. The number of amides is 1. The molecule has 0 aliphatic carbocycles. The van der Waals surface area contributed by atoms with E-state index in [0.717, 1.165) is 34.8 Å². The van der Waals surface area contributed by atoms with Crippen molar-refractivity contribution in [3.63, 3.8) is 0 Å². The van der Waals surface area contributed by atoms with Crippen molar-refractivity contribution in [2.24, 2.45) is 0 Å². The zero-order valence-electron chi connectivity index (χ0n) is 10.5. The van der Waals surface area contributed by atoms with E-state index in [-0.39, 0.29) is 5.91 Å². The van der Waals surface area contributed by atoms with Crippen LogP contribution < -0.4 is 4.90 Å². The summed E-state index contributed by atoms with van der Waals surface area (Å²) in [6.45, 7) is 0.809. The van der Waals surface area contributed by atoms with E-state index in [9.17, 15) is 4.79 Å². The van der Waals surface area contributed by atoms with Gasteiger partial charge in [-0.25, -0.2) is 0 Å². The highest BCUT2D eigenvalue weighted by molar-refractivity contribution is 6.30. The molecule has 0 radical (unpaired) electrons. The van der Waals surface area contributed by atoms with Gasteiger partial charge in [-0.3, -0.25) is 4.79 Å². The second-order valence-corrected chi connectivity index (χ2v) is 5.11. The predicted octanol–water partition coefficient (Wildman–Crippen LogP) is 4.13. The third kappa shape index (κ3) is 2.36. The average molecular weight is 272 g/mol. The van der Waals surface area contributed by atoms with Crippen molar-refractivity contribution in [3.05, 3.63) is 53.6 Å². The summed E-state index contributed by atoms with van der Waals surface area (Å²) in [6.07, 6.45) is 1.59. The maximum Gasteiger partial charge on any atom is 0.227 e. The molecule has 1 aliphatic rings. The van der Waals surface area contributed by atoms with E-state index < -0.39 is 0 Å². The Morgan fingerprint density at radius 3 is 2.42 bits per heavy atom. The zero-order valence-corrected chi connectivity index (χ0v) is 11.2. The van der Waals surface area contributed by atoms with Crippen LogP contribution in [0.15, 0.2) is 48.5 Å². The molecule has 0 N–H and O–H groups in total. The first-order chi connectivity index (χ1) is 9.25. The Morgan fingerprint density at radius 1 is 1.00 bits per heavy atom. The Morgan fingerprint density at radius 2 is 1.74 bits per heavy atom. The van der Waals surface area contributed by atoms with Crippen LogP contribution in [0.4, 0.5) is 5.69 Å². The molecule has 3 heteroatoms. The minimum absolute atomic E-state index is 0.210. The van der Waals surface area contributed by atoms with Gasteiger partial charge >= 0.3 is 0 Å². The predicted molar refractivity (Wildman–Crippen MR) is 78.5 cm³/mol. The molecular weight excluding hydrogens is 258 g/mol. The molecule has 0 aromatic heterocycles. The van der Waals surface area contributed by atoms with Gasteiger partial charge in [-0.15, -0.1) is 0 Å². The third-order valence-corrected chi connectivity index (χ3v) is 3.68. The molecule has 0 atom stereocenters. The maximum atomic E-state index is 11.9. The van der Waals surface area contributed by atoms with Crippen LogP contribution in [0.25, 0.3) is 11.1 Å². The Kier molecular flexibility index (Phi) is 3.26. The molecule has 2 aromatic carbocycles. The van der Waals surface area contributed by atoms with Crippen LogP contribution in [0.5, 0.6) is 0 Å². The van der Waals surface area contributed by atoms with Crippen molar-refractivity contribution in [2.75, 3.05) is 11.4 Å². The molecule has 1 saturated heterocycles. The standard InChI is InChI=1S/C16H14ClNO/c17-13-9-7-12(8-10-13)14-4-1-2-5-15(14)18-11-3-6-16(18)19/h1-2,4-5,7-10H,3,6,11H2. The summed E-state index contributed by atoms with van der Waals surface area (Å²) in [5, 5.41) is 0.721. The van der Waals surface area contributed by atoms with Gasteiger partial charge in [-0.05, 0) is 30.2 Å². The summed E-state index contributed by atoms with van der Waals surface area (Å²) in [4.78, 5) is 13.8. The summed E-state index contributed by atoms with van der Waals surface area (Å²) in [6, 6.07) is 15.7. The normalized spacial score (nSPS) is 15.0. The van der Waals surface area contributed by atoms with Crippen molar-refractivity contribution in [1.29, 1.82) is 0 Å². The molecule has 19 heavy (non-hydrogen) atoms. The minimum atomic E-state index is 0.210. The molecule has 96 valence electrons. The minimum Gasteiger partial charge on any atom is -0.312 e. The first kappa shape index (κ1) is 12.2. The number of halogens is 1. The molecule has 3 rings (SSSR count). The lowest BCUT2D eigenvalue weighted by Gasteiger charge is -2.19. The van der Waals surface area contributed by atoms with Gasteiger partial charge in [0, 0.05) is 23.6 Å². The quantitative estimate of drug-likeness (QED) is 0.804. The number of hydrogen-bond acceptors (Lipinski definition) is 1. The van der Waals surface area contributed by atoms with E-state index in [1.807, 2.05) is 53.4 Å². The third-order valence-electron chi connectivity index (χ3n) is 3.42. The zero-order chi connectivity index (χ0) is 13.2. The van der Waals surface area contributed by atoms with Gasteiger partial charge in [-0.1, -0.05) is 41.9 Å². The Balaban J connectivity index is 2.06. The van der Waals surface area contributed by atoms with Crippen LogP contribution in [0, 0.1) is 0 Å². The fourth-order valence-corrected chi connectivity index (χ4v) is 2.61. The van der Waals surface area contributed by atoms with Gasteiger partial charge in [0.2, 0.25) is 5.91 Å². The fourth-order valence-electron chi connectivity index (χ4n) is 2.49. The molecule has 0 spiro atoms. The van der Waals surface area contributed by atoms with Crippen LogP contribution >= 0.6 is 11.6 Å². The average Bonchev–Trinajstić information content (AvgIpc) is 2.86. The smallest absolute Gasteiger partial charge is 0.227 e. The highest BCUT2D eigenvalue weighted by Gasteiger charge is 2.23. The van der Waals surface area contributed by atoms with Crippen LogP contribution in [-0.2, 0) is 4.79 Å².